The van der Waals surface area contributed by atoms with Gasteiger partial charge in [0.1, 0.15) is 0 Å². The van der Waals surface area contributed by atoms with Crippen molar-refractivity contribution < 1.29 is 47.2 Å². The minimum absolute atomic E-state index is 0.123. The molecule has 17 heteroatoms. The number of hydrogen-bond acceptors (Lipinski definition) is 12. The Morgan fingerprint density at radius 3 is 0.925 bits per heavy atom. The van der Waals surface area contributed by atoms with Gasteiger partial charge in [-0.1, -0.05) is 59.3 Å². The summed E-state index contributed by atoms with van der Waals surface area (Å²) in [5, 5.41) is 0. The monoisotopic (exact) mass is 930 g/mol. The second kappa shape index (κ2) is 32.5. The first-order valence-electron chi connectivity index (χ1n) is 21.6. The van der Waals surface area contributed by atoms with Crippen LogP contribution >= 0.6 is 23.5 Å². The molecule has 0 unspecified atom stereocenters. The summed E-state index contributed by atoms with van der Waals surface area (Å²) in [6.45, 7) is 7.30. The van der Waals surface area contributed by atoms with Crippen molar-refractivity contribution in [1.29, 1.82) is 0 Å². The molecule has 0 aromatic carbocycles. The Hall–Kier alpha value is 1.60. The quantitative estimate of drug-likeness (QED) is 0.0329. The molecule has 0 amide bonds. The van der Waals surface area contributed by atoms with E-state index >= 15 is 0 Å². The number of phosphoric acid groups is 3. The van der Waals surface area contributed by atoms with Gasteiger partial charge in [0.25, 0.3) is 0 Å². The second-order valence-corrected chi connectivity index (χ2v) is 29.7. The molecule has 0 saturated carbocycles. The fourth-order valence-electron chi connectivity index (χ4n) is 6.23. The van der Waals surface area contributed by atoms with Crippen molar-refractivity contribution in [1.82, 2.24) is 0 Å². The fraction of sp³-hybridized carbons (Fsp3) is 1.00. The summed E-state index contributed by atoms with van der Waals surface area (Å²) in [6, 6.07) is 0. The number of rotatable bonds is 40. The summed E-state index contributed by atoms with van der Waals surface area (Å²) in [4.78, 5) is 0. The third-order valence-corrected chi connectivity index (χ3v) is 29.9. The van der Waals surface area contributed by atoms with E-state index in [9.17, 15) is 13.7 Å². The van der Waals surface area contributed by atoms with E-state index in [1.54, 1.807) is 0 Å². The van der Waals surface area contributed by atoms with Gasteiger partial charge in [-0.15, -0.1) is 0 Å². The van der Waals surface area contributed by atoms with E-state index < -0.39 is 58.1 Å². The molecule has 0 aromatic rings. The molecule has 2 fully saturated rings. The molecule has 2 aliphatic rings. The van der Waals surface area contributed by atoms with Crippen LogP contribution in [0.5, 0.6) is 0 Å². The summed E-state index contributed by atoms with van der Waals surface area (Å²) >= 11 is -7.36. The summed E-state index contributed by atoms with van der Waals surface area (Å²) in [5.41, 5.74) is 0. The first kappa shape index (κ1) is 50.7. The topological polar surface area (TPSA) is 134 Å². The molecule has 2 heterocycles. The third kappa shape index (κ3) is 26.3. The van der Waals surface area contributed by atoms with Crippen LogP contribution < -0.4 is 0 Å². The zero-order chi connectivity index (χ0) is 38.4. The van der Waals surface area contributed by atoms with Crippen molar-refractivity contribution in [2.24, 2.45) is 0 Å². The molecule has 0 aromatic heterocycles. The zero-order valence-electron chi connectivity index (χ0n) is 33.7. The van der Waals surface area contributed by atoms with Crippen molar-refractivity contribution >= 4 is 58.1 Å². The van der Waals surface area contributed by atoms with Crippen LogP contribution in [-0.4, -0.2) is 54.4 Å². The van der Waals surface area contributed by atoms with Gasteiger partial charge < -0.3 is 0 Å². The Balaban J connectivity index is 1.67. The van der Waals surface area contributed by atoms with Crippen LogP contribution in [0.25, 0.3) is 0 Å². The van der Waals surface area contributed by atoms with Gasteiger partial charge in [0.05, 0.1) is 0 Å². The van der Waals surface area contributed by atoms with Gasteiger partial charge in [0.2, 0.25) is 0 Å². The van der Waals surface area contributed by atoms with Crippen LogP contribution in [0.3, 0.4) is 0 Å². The van der Waals surface area contributed by atoms with Gasteiger partial charge in [-0.05, 0) is 0 Å². The van der Waals surface area contributed by atoms with Crippen LogP contribution in [0.4, 0.5) is 0 Å². The van der Waals surface area contributed by atoms with Crippen molar-refractivity contribution in [3.05, 3.63) is 0 Å². The summed E-state index contributed by atoms with van der Waals surface area (Å²) < 4.78 is 88.4. The van der Waals surface area contributed by atoms with Gasteiger partial charge >= 0.3 is 279 Å². The average Bonchev–Trinajstić information content (AvgIpc) is 3.10. The minimum atomic E-state index is -4.25. The maximum atomic E-state index is 13.7. The van der Waals surface area contributed by atoms with E-state index in [4.69, 9.17) is 33.5 Å². The predicted octanol–water partition coefficient (Wildman–Crippen LogP) is 14.2. The molecule has 53 heavy (non-hydrogen) atoms. The SMILES string of the molecule is CCCCCCCCCCCCOP1(=O)[O][Ga]([O]P(=O)(OCCCCCCCCCCCC)[O][Ga]2[O]P(=O)(OCCCCCCCCCCCC)[O]2)[O]1. The van der Waals surface area contributed by atoms with Crippen molar-refractivity contribution in [2.75, 3.05) is 19.8 Å². The normalized spacial score (nSPS) is 16.6. The summed E-state index contributed by atoms with van der Waals surface area (Å²) in [6.07, 6.45) is 34.9. The molecule has 2 rings (SSSR count). The molecule has 0 N–H and O–H groups in total. The van der Waals surface area contributed by atoms with Crippen molar-refractivity contribution in [3.8, 4) is 0 Å². The molecular formula is C36H75Ga2O12P3. The molecule has 0 aliphatic carbocycles. The standard InChI is InChI=1S/3C12H27O4P.2Ga/c3*1-2-3-4-5-6-7-8-9-10-11-12-16-17(13,14)15;;/h3*2-12H2,1H3,(H2,13,14,15);;/q;;;2*+3/p-6. The molecule has 2 aliphatic heterocycles. The molecular weight excluding hydrogens is 857 g/mol. The Labute approximate surface area is 336 Å². The summed E-state index contributed by atoms with van der Waals surface area (Å²) in [7, 11) is -11.7. The van der Waals surface area contributed by atoms with Crippen molar-refractivity contribution in [2.45, 2.75) is 213 Å². The van der Waals surface area contributed by atoms with E-state index in [1.807, 2.05) is 0 Å². The molecule has 2 saturated heterocycles. The van der Waals surface area contributed by atoms with E-state index in [0.717, 1.165) is 57.8 Å². The van der Waals surface area contributed by atoms with Gasteiger partial charge in [0, 0.05) is 0 Å². The van der Waals surface area contributed by atoms with E-state index in [0.29, 0.717) is 6.42 Å². The third-order valence-electron chi connectivity index (χ3n) is 9.53. The van der Waals surface area contributed by atoms with E-state index in [2.05, 4.69) is 20.8 Å². The van der Waals surface area contributed by atoms with E-state index in [1.165, 1.54) is 128 Å². The van der Waals surface area contributed by atoms with E-state index in [-0.39, 0.29) is 19.8 Å². The van der Waals surface area contributed by atoms with Gasteiger partial charge in [-0.3, -0.25) is 0 Å². The molecule has 0 spiro atoms. The van der Waals surface area contributed by atoms with Crippen LogP contribution in [-0.2, 0) is 47.2 Å². The molecule has 0 bridgehead atoms. The number of hydrogen-bond donors (Lipinski definition) is 0. The molecule has 12 nitrogen and oxygen atoms in total. The van der Waals surface area contributed by atoms with Crippen LogP contribution in [0.15, 0.2) is 0 Å². The van der Waals surface area contributed by atoms with Gasteiger partial charge in [-0.25, -0.2) is 0 Å². The molecule has 0 atom stereocenters. The first-order chi connectivity index (χ1) is 25.8. The molecule has 0 radical (unpaired) electrons. The van der Waals surface area contributed by atoms with Gasteiger partial charge in [0.15, 0.2) is 0 Å². The Morgan fingerprint density at radius 2 is 0.642 bits per heavy atom. The summed E-state index contributed by atoms with van der Waals surface area (Å²) in [5.74, 6) is 0. The predicted molar refractivity (Wildman–Crippen MR) is 214 cm³/mol. The van der Waals surface area contributed by atoms with Crippen LogP contribution in [0.2, 0.25) is 0 Å². The average molecular weight is 932 g/mol. The van der Waals surface area contributed by atoms with Gasteiger partial charge in [-0.2, -0.15) is 0 Å². The van der Waals surface area contributed by atoms with Crippen LogP contribution in [0, 0.1) is 0 Å². The van der Waals surface area contributed by atoms with Crippen molar-refractivity contribution in [3.63, 3.8) is 0 Å². The Morgan fingerprint density at radius 1 is 0.396 bits per heavy atom. The maximum absolute atomic E-state index is 13.7. The fourth-order valence-corrected chi connectivity index (χ4v) is 24.9. The Kier molecular flexibility index (Phi) is 31.1. The second-order valence-electron chi connectivity index (χ2n) is 14.6. The Bertz CT molecular complexity index is 948. The zero-order valence-corrected chi connectivity index (χ0v) is 41.3. The molecule has 312 valence electrons. The first-order valence-corrected chi connectivity index (χ1v) is 31.9. The number of unbranched alkanes of at least 4 members (excludes halogenated alkanes) is 27. The van der Waals surface area contributed by atoms with Crippen LogP contribution in [0.1, 0.15) is 213 Å².